The largest absolute Gasteiger partial charge is 0.465 e. The maximum absolute atomic E-state index is 14.0. The lowest BCUT2D eigenvalue weighted by atomic mass is 10.0. The number of esters is 1. The predicted octanol–water partition coefficient (Wildman–Crippen LogP) is 4.02. The van der Waals surface area contributed by atoms with Gasteiger partial charge in [-0.15, -0.1) is 0 Å². The third-order valence-electron chi connectivity index (χ3n) is 5.61. The lowest BCUT2D eigenvalue weighted by Gasteiger charge is -2.23. The second kappa shape index (κ2) is 7.94. The standard InChI is InChI=1S/C23H21F2N3O3/c1-13-4-5-15(23(30)31-3)8-18(13)22(29)28-12-21-19(14(28)2)11-27(26-21)10-16-6-7-17(24)9-20(16)25/h4-9,11,14H,10,12H2,1-3H3. The molecule has 1 atom stereocenters. The number of carbonyl (C=O) groups excluding carboxylic acids is 2. The normalized spacial score (nSPS) is 15.1. The van der Waals surface area contributed by atoms with Crippen molar-refractivity contribution in [3.8, 4) is 0 Å². The minimum Gasteiger partial charge on any atom is -0.465 e. The molecule has 3 aromatic rings. The van der Waals surface area contributed by atoms with Crippen molar-refractivity contribution in [2.75, 3.05) is 7.11 Å². The van der Waals surface area contributed by atoms with Crippen LogP contribution in [0.25, 0.3) is 0 Å². The number of nitrogens with zero attached hydrogens (tertiary/aromatic N) is 3. The van der Waals surface area contributed by atoms with Crippen LogP contribution in [0.15, 0.2) is 42.6 Å². The van der Waals surface area contributed by atoms with E-state index in [-0.39, 0.29) is 18.5 Å². The summed E-state index contributed by atoms with van der Waals surface area (Å²) in [7, 11) is 1.29. The zero-order valence-electron chi connectivity index (χ0n) is 17.4. The Morgan fingerprint density at radius 3 is 2.65 bits per heavy atom. The Bertz CT molecular complexity index is 1190. The fourth-order valence-electron chi connectivity index (χ4n) is 3.82. The zero-order valence-corrected chi connectivity index (χ0v) is 17.4. The third-order valence-corrected chi connectivity index (χ3v) is 5.61. The van der Waals surface area contributed by atoms with Crippen LogP contribution in [0.2, 0.25) is 0 Å². The molecule has 1 aliphatic heterocycles. The number of aromatic nitrogens is 2. The van der Waals surface area contributed by atoms with Crippen LogP contribution in [0.5, 0.6) is 0 Å². The van der Waals surface area contributed by atoms with Crippen molar-refractivity contribution in [2.45, 2.75) is 33.0 Å². The molecule has 0 saturated heterocycles. The fraction of sp³-hybridized carbons (Fsp3) is 0.261. The highest BCUT2D eigenvalue weighted by Crippen LogP contribution is 2.34. The van der Waals surface area contributed by atoms with E-state index in [1.165, 1.54) is 19.2 Å². The van der Waals surface area contributed by atoms with Crippen LogP contribution in [0, 0.1) is 18.6 Å². The van der Waals surface area contributed by atoms with Gasteiger partial charge in [-0.3, -0.25) is 9.48 Å². The molecule has 2 heterocycles. The summed E-state index contributed by atoms with van der Waals surface area (Å²) in [5.41, 5.74) is 3.43. The molecule has 0 radical (unpaired) electrons. The van der Waals surface area contributed by atoms with Gasteiger partial charge >= 0.3 is 5.97 Å². The van der Waals surface area contributed by atoms with E-state index >= 15 is 0 Å². The first-order valence-corrected chi connectivity index (χ1v) is 9.78. The topological polar surface area (TPSA) is 64.4 Å². The van der Waals surface area contributed by atoms with Crippen LogP contribution in [0.4, 0.5) is 8.78 Å². The molecule has 0 aliphatic carbocycles. The number of hydrogen-bond acceptors (Lipinski definition) is 4. The second-order valence-electron chi connectivity index (χ2n) is 7.59. The Labute approximate surface area is 178 Å². The first kappa shape index (κ1) is 20.7. The quantitative estimate of drug-likeness (QED) is 0.593. The van der Waals surface area contributed by atoms with Gasteiger partial charge in [-0.2, -0.15) is 5.10 Å². The average molecular weight is 425 g/mol. The molecule has 6 nitrogen and oxygen atoms in total. The number of benzene rings is 2. The molecule has 31 heavy (non-hydrogen) atoms. The van der Waals surface area contributed by atoms with E-state index in [2.05, 4.69) is 5.10 Å². The molecule has 0 fully saturated rings. The van der Waals surface area contributed by atoms with Gasteiger partial charge < -0.3 is 9.64 Å². The Morgan fingerprint density at radius 2 is 1.97 bits per heavy atom. The molecule has 160 valence electrons. The van der Waals surface area contributed by atoms with Gasteiger partial charge in [-0.25, -0.2) is 13.6 Å². The van der Waals surface area contributed by atoms with Crippen molar-refractivity contribution < 1.29 is 23.1 Å². The van der Waals surface area contributed by atoms with Crippen molar-refractivity contribution in [3.05, 3.63) is 87.7 Å². The van der Waals surface area contributed by atoms with E-state index in [1.807, 2.05) is 13.8 Å². The number of ether oxygens (including phenoxy) is 1. The van der Waals surface area contributed by atoms with Gasteiger partial charge in [0, 0.05) is 29.0 Å². The Balaban J connectivity index is 1.55. The maximum Gasteiger partial charge on any atom is 0.337 e. The number of rotatable bonds is 4. The lowest BCUT2D eigenvalue weighted by molar-refractivity contribution is 0.0600. The minimum absolute atomic E-state index is 0.167. The van der Waals surface area contributed by atoms with Crippen LogP contribution in [-0.4, -0.2) is 33.7 Å². The Hall–Kier alpha value is -3.55. The minimum atomic E-state index is -0.626. The van der Waals surface area contributed by atoms with E-state index < -0.39 is 17.6 Å². The summed E-state index contributed by atoms with van der Waals surface area (Å²) in [5.74, 6) is -1.96. The number of aryl methyl sites for hydroxylation is 1. The highest BCUT2D eigenvalue weighted by Gasteiger charge is 2.34. The van der Waals surface area contributed by atoms with Crippen LogP contribution < -0.4 is 0 Å². The van der Waals surface area contributed by atoms with Gasteiger partial charge in [-0.1, -0.05) is 12.1 Å². The van der Waals surface area contributed by atoms with E-state index in [0.717, 1.165) is 22.9 Å². The first-order chi connectivity index (χ1) is 14.8. The molecule has 8 heteroatoms. The van der Waals surface area contributed by atoms with Crippen LogP contribution in [-0.2, 0) is 17.8 Å². The highest BCUT2D eigenvalue weighted by molar-refractivity contribution is 5.99. The molecule has 1 unspecified atom stereocenters. The highest BCUT2D eigenvalue weighted by atomic mass is 19.1. The summed E-state index contributed by atoms with van der Waals surface area (Å²) < 4.78 is 33.4. The van der Waals surface area contributed by atoms with Gasteiger partial charge in [0.2, 0.25) is 0 Å². The summed E-state index contributed by atoms with van der Waals surface area (Å²) in [4.78, 5) is 26.7. The summed E-state index contributed by atoms with van der Waals surface area (Å²) in [6, 6.07) is 8.10. The Kier molecular flexibility index (Phi) is 5.31. The molecule has 0 spiro atoms. The summed E-state index contributed by atoms with van der Waals surface area (Å²) >= 11 is 0. The number of amides is 1. The molecule has 0 N–H and O–H groups in total. The Morgan fingerprint density at radius 1 is 1.19 bits per heavy atom. The van der Waals surface area contributed by atoms with E-state index in [4.69, 9.17) is 4.74 Å². The lowest BCUT2D eigenvalue weighted by Crippen LogP contribution is -2.29. The summed E-state index contributed by atoms with van der Waals surface area (Å²) in [5, 5.41) is 4.50. The predicted molar refractivity (Wildman–Crippen MR) is 108 cm³/mol. The van der Waals surface area contributed by atoms with Crippen LogP contribution in [0.3, 0.4) is 0 Å². The molecule has 0 saturated carbocycles. The second-order valence-corrected chi connectivity index (χ2v) is 7.59. The monoisotopic (exact) mass is 425 g/mol. The van der Waals surface area contributed by atoms with Crippen LogP contribution in [0.1, 0.15) is 56.1 Å². The summed E-state index contributed by atoms with van der Waals surface area (Å²) in [6.45, 7) is 4.18. The van der Waals surface area contributed by atoms with Gasteiger partial charge in [0.15, 0.2) is 0 Å². The summed E-state index contributed by atoms with van der Waals surface area (Å²) in [6.07, 6.45) is 1.79. The van der Waals surface area contributed by atoms with Gasteiger partial charge in [0.05, 0.1) is 37.5 Å². The van der Waals surface area contributed by atoms with Crippen molar-refractivity contribution >= 4 is 11.9 Å². The van der Waals surface area contributed by atoms with Crippen molar-refractivity contribution in [1.82, 2.24) is 14.7 Å². The molecule has 2 aromatic carbocycles. The van der Waals surface area contributed by atoms with Crippen LogP contribution >= 0.6 is 0 Å². The molecular formula is C23H21F2N3O3. The van der Waals surface area contributed by atoms with Crippen molar-refractivity contribution in [1.29, 1.82) is 0 Å². The molecular weight excluding hydrogens is 404 g/mol. The number of halogens is 2. The SMILES string of the molecule is COC(=O)c1ccc(C)c(C(=O)N2Cc3nn(Cc4ccc(F)cc4F)cc3C2C)c1. The number of hydrogen-bond donors (Lipinski definition) is 0. The van der Waals surface area contributed by atoms with E-state index in [9.17, 15) is 18.4 Å². The first-order valence-electron chi connectivity index (χ1n) is 9.78. The van der Waals surface area contributed by atoms with Gasteiger partial charge in [-0.05, 0) is 37.6 Å². The van der Waals surface area contributed by atoms with Gasteiger partial charge in [0.1, 0.15) is 11.6 Å². The molecule has 1 aromatic heterocycles. The smallest absolute Gasteiger partial charge is 0.337 e. The fourth-order valence-corrected chi connectivity index (χ4v) is 3.82. The van der Waals surface area contributed by atoms with E-state index in [0.29, 0.717) is 23.2 Å². The van der Waals surface area contributed by atoms with Crippen molar-refractivity contribution in [3.63, 3.8) is 0 Å². The van der Waals surface area contributed by atoms with E-state index in [1.54, 1.807) is 34.0 Å². The number of methoxy groups -OCH3 is 1. The number of fused-ring (bicyclic) bond motifs is 1. The van der Waals surface area contributed by atoms with Crippen molar-refractivity contribution in [2.24, 2.45) is 0 Å². The van der Waals surface area contributed by atoms with Gasteiger partial charge in [0.25, 0.3) is 5.91 Å². The number of carbonyl (C=O) groups is 2. The average Bonchev–Trinajstić information content (AvgIpc) is 3.28. The molecule has 1 amide bonds. The maximum atomic E-state index is 14.0. The molecule has 0 bridgehead atoms. The zero-order chi connectivity index (χ0) is 22.3. The molecule has 4 rings (SSSR count). The third kappa shape index (κ3) is 3.81. The molecule has 1 aliphatic rings.